The average Bonchev–Trinajstić information content (AvgIpc) is 3.28. The van der Waals surface area contributed by atoms with Crippen LogP contribution < -0.4 is 5.56 Å². The van der Waals surface area contributed by atoms with Crippen LogP contribution in [0.2, 0.25) is 0 Å². The van der Waals surface area contributed by atoms with Crippen molar-refractivity contribution in [3.63, 3.8) is 0 Å². The number of benzene rings is 1. The van der Waals surface area contributed by atoms with E-state index in [9.17, 15) is 9.59 Å². The number of hydrogen-bond donors (Lipinski definition) is 1. The largest absolute Gasteiger partial charge is 0.333 e. The summed E-state index contributed by atoms with van der Waals surface area (Å²) in [4.78, 5) is 39.0. The summed E-state index contributed by atoms with van der Waals surface area (Å²) in [6, 6.07) is 11.9. The van der Waals surface area contributed by atoms with Gasteiger partial charge in [-0.1, -0.05) is 30.3 Å². The lowest BCUT2D eigenvalue weighted by Gasteiger charge is -2.15. The molecule has 3 aromatic heterocycles. The number of thiophene rings is 1. The maximum absolute atomic E-state index is 12.9. The van der Waals surface area contributed by atoms with E-state index in [1.807, 2.05) is 48.7 Å². The lowest BCUT2D eigenvalue weighted by atomic mass is 10.2. The van der Waals surface area contributed by atoms with Crippen LogP contribution in [-0.4, -0.2) is 32.8 Å². The number of nitrogens with one attached hydrogen (secondary N) is 1. The van der Waals surface area contributed by atoms with Gasteiger partial charge in [0.1, 0.15) is 15.4 Å². The summed E-state index contributed by atoms with van der Waals surface area (Å²) in [5.74, 6) is 0.348. The fourth-order valence-corrected chi connectivity index (χ4v) is 4.78. The van der Waals surface area contributed by atoms with Crippen LogP contribution in [0.15, 0.2) is 46.6 Å². The Balaban J connectivity index is 1.52. The van der Waals surface area contributed by atoms with E-state index in [0.717, 1.165) is 16.3 Å². The van der Waals surface area contributed by atoms with E-state index in [-0.39, 0.29) is 18.0 Å². The van der Waals surface area contributed by atoms with Crippen molar-refractivity contribution in [1.82, 2.24) is 19.9 Å². The van der Waals surface area contributed by atoms with Crippen LogP contribution >= 0.6 is 22.7 Å². The van der Waals surface area contributed by atoms with E-state index >= 15 is 0 Å². The summed E-state index contributed by atoms with van der Waals surface area (Å²) < 4.78 is 0.599. The molecule has 0 aliphatic heterocycles. The smallest absolute Gasteiger partial charge is 0.268 e. The first-order valence-electron chi connectivity index (χ1n) is 8.73. The highest BCUT2D eigenvalue weighted by molar-refractivity contribution is 7.17. The van der Waals surface area contributed by atoms with E-state index in [1.54, 1.807) is 11.9 Å². The van der Waals surface area contributed by atoms with Crippen LogP contribution in [0.25, 0.3) is 10.2 Å². The Hall–Kier alpha value is -2.84. The molecule has 0 bridgehead atoms. The molecule has 28 heavy (non-hydrogen) atoms. The molecule has 0 aliphatic rings. The number of carbonyl (C=O) groups is 1. The minimum absolute atomic E-state index is 0.123. The number of rotatable bonds is 5. The molecule has 6 nitrogen and oxygen atoms in total. The Morgan fingerprint density at radius 3 is 2.75 bits per heavy atom. The zero-order valence-electron chi connectivity index (χ0n) is 15.4. The van der Waals surface area contributed by atoms with Gasteiger partial charge in [-0.3, -0.25) is 9.59 Å². The number of aromatic nitrogens is 3. The van der Waals surface area contributed by atoms with Crippen LogP contribution in [0, 0.1) is 6.92 Å². The van der Waals surface area contributed by atoms with Crippen LogP contribution in [0.3, 0.4) is 0 Å². The molecule has 0 unspecified atom stereocenters. The number of nitrogens with zero attached hydrogens (tertiary/aromatic N) is 3. The Morgan fingerprint density at radius 2 is 1.96 bits per heavy atom. The van der Waals surface area contributed by atoms with Gasteiger partial charge in [-0.2, -0.15) is 0 Å². The predicted octanol–water partition coefficient (Wildman–Crippen LogP) is 3.61. The van der Waals surface area contributed by atoms with E-state index in [0.29, 0.717) is 27.3 Å². The third-order valence-corrected chi connectivity index (χ3v) is 6.38. The summed E-state index contributed by atoms with van der Waals surface area (Å²) in [6.07, 6.45) is 0.701. The lowest BCUT2D eigenvalue weighted by molar-refractivity contribution is 0.0785. The molecular formula is C20H18N4O2S2. The van der Waals surface area contributed by atoms with Crippen molar-refractivity contribution in [2.24, 2.45) is 0 Å². The molecule has 1 amide bonds. The molecular weight excluding hydrogens is 392 g/mol. The molecule has 0 saturated carbocycles. The standard InChI is InChI=1S/C20H18N4O2S2/c1-12-17(28-16(21-12)10-13-6-4-3-5-7-13)20(26)24(2)11-15-22-14-8-9-27-18(14)19(25)23-15/h3-9H,10-11H2,1-2H3,(H,22,23,25). The molecule has 8 heteroatoms. The number of carbonyl (C=O) groups excluding carboxylic acids is 1. The molecule has 0 radical (unpaired) electrons. The molecule has 1 N–H and O–H groups in total. The molecule has 0 fully saturated rings. The normalized spacial score (nSPS) is 11.1. The topological polar surface area (TPSA) is 79.0 Å². The van der Waals surface area contributed by atoms with Gasteiger partial charge in [-0.05, 0) is 23.9 Å². The first kappa shape index (κ1) is 18.5. The number of thiazole rings is 1. The molecule has 0 atom stereocenters. The number of fused-ring (bicyclic) bond motifs is 1. The summed E-state index contributed by atoms with van der Waals surface area (Å²) in [6.45, 7) is 2.08. The van der Waals surface area contributed by atoms with E-state index in [1.165, 1.54) is 22.7 Å². The van der Waals surface area contributed by atoms with Crippen molar-refractivity contribution in [2.75, 3.05) is 7.05 Å². The van der Waals surface area contributed by atoms with Crippen LogP contribution in [0.4, 0.5) is 0 Å². The molecule has 0 aliphatic carbocycles. The van der Waals surface area contributed by atoms with Gasteiger partial charge in [0.15, 0.2) is 0 Å². The number of amides is 1. The highest BCUT2D eigenvalue weighted by atomic mass is 32.1. The quantitative estimate of drug-likeness (QED) is 0.545. The summed E-state index contributed by atoms with van der Waals surface area (Å²) >= 11 is 2.77. The second-order valence-electron chi connectivity index (χ2n) is 6.49. The number of H-pyrrole nitrogens is 1. The molecule has 4 rings (SSSR count). The Bertz CT molecular complexity index is 1190. The van der Waals surface area contributed by atoms with E-state index < -0.39 is 0 Å². The zero-order chi connectivity index (χ0) is 19.7. The van der Waals surface area contributed by atoms with Gasteiger partial charge < -0.3 is 9.88 Å². The first-order valence-corrected chi connectivity index (χ1v) is 10.4. The van der Waals surface area contributed by atoms with E-state index in [4.69, 9.17) is 0 Å². The monoisotopic (exact) mass is 410 g/mol. The minimum Gasteiger partial charge on any atom is -0.333 e. The SMILES string of the molecule is Cc1nc(Cc2ccccc2)sc1C(=O)N(C)Cc1nc2ccsc2c(=O)[nH]1. The lowest BCUT2D eigenvalue weighted by Crippen LogP contribution is -2.28. The van der Waals surface area contributed by atoms with Crippen molar-refractivity contribution in [2.45, 2.75) is 19.9 Å². The second-order valence-corrected chi connectivity index (χ2v) is 8.49. The van der Waals surface area contributed by atoms with Gasteiger partial charge in [-0.15, -0.1) is 22.7 Å². The molecule has 0 saturated heterocycles. The molecule has 3 heterocycles. The zero-order valence-corrected chi connectivity index (χ0v) is 17.1. The predicted molar refractivity (Wildman–Crippen MR) is 112 cm³/mol. The Kier molecular flexibility index (Phi) is 5.06. The first-order chi connectivity index (χ1) is 13.5. The number of aromatic amines is 1. The summed E-state index contributed by atoms with van der Waals surface area (Å²) in [5, 5.41) is 2.74. The minimum atomic E-state index is -0.171. The van der Waals surface area contributed by atoms with Gasteiger partial charge in [0, 0.05) is 13.5 Å². The summed E-state index contributed by atoms with van der Waals surface area (Å²) in [5.41, 5.74) is 2.37. The molecule has 4 aromatic rings. The Labute approximate surface area is 169 Å². The van der Waals surface area contributed by atoms with Crippen molar-refractivity contribution in [3.05, 3.63) is 79.1 Å². The summed E-state index contributed by atoms with van der Waals surface area (Å²) in [7, 11) is 1.70. The van der Waals surface area contributed by atoms with Crippen LogP contribution in [0.1, 0.15) is 31.8 Å². The maximum Gasteiger partial charge on any atom is 0.268 e. The van der Waals surface area contributed by atoms with Gasteiger partial charge in [-0.25, -0.2) is 9.97 Å². The highest BCUT2D eigenvalue weighted by Crippen LogP contribution is 2.23. The average molecular weight is 411 g/mol. The fraction of sp³-hybridized carbons (Fsp3) is 0.200. The van der Waals surface area contributed by atoms with Gasteiger partial charge in [0.05, 0.1) is 22.8 Å². The van der Waals surface area contributed by atoms with Gasteiger partial charge >= 0.3 is 0 Å². The maximum atomic E-state index is 12.9. The van der Waals surface area contributed by atoms with Crippen molar-refractivity contribution in [3.8, 4) is 0 Å². The highest BCUT2D eigenvalue weighted by Gasteiger charge is 2.20. The molecule has 0 spiro atoms. The van der Waals surface area contributed by atoms with Crippen molar-refractivity contribution >= 4 is 38.8 Å². The van der Waals surface area contributed by atoms with Crippen LogP contribution in [0.5, 0.6) is 0 Å². The number of hydrogen-bond acceptors (Lipinski definition) is 6. The van der Waals surface area contributed by atoms with Gasteiger partial charge in [0.25, 0.3) is 11.5 Å². The third-order valence-electron chi connectivity index (χ3n) is 4.33. The third kappa shape index (κ3) is 3.74. The Morgan fingerprint density at radius 1 is 1.18 bits per heavy atom. The van der Waals surface area contributed by atoms with Crippen LogP contribution in [-0.2, 0) is 13.0 Å². The second kappa shape index (κ2) is 7.65. The van der Waals surface area contributed by atoms with Crippen molar-refractivity contribution in [1.29, 1.82) is 0 Å². The molecule has 1 aromatic carbocycles. The molecule has 142 valence electrons. The number of aryl methyl sites for hydroxylation is 1. The van der Waals surface area contributed by atoms with E-state index in [2.05, 4.69) is 15.0 Å². The van der Waals surface area contributed by atoms with Crippen molar-refractivity contribution < 1.29 is 4.79 Å². The fourth-order valence-electron chi connectivity index (χ4n) is 2.96. The van der Waals surface area contributed by atoms with Gasteiger partial charge in [0.2, 0.25) is 0 Å².